The van der Waals surface area contributed by atoms with Gasteiger partial charge in [-0.2, -0.15) is 0 Å². The largest absolute Gasteiger partial charge is 0.497 e. The van der Waals surface area contributed by atoms with Crippen LogP contribution in [-0.4, -0.2) is 40.8 Å². The van der Waals surface area contributed by atoms with Gasteiger partial charge in [0.05, 0.1) is 13.7 Å². The van der Waals surface area contributed by atoms with Crippen molar-refractivity contribution in [2.75, 3.05) is 13.7 Å². The van der Waals surface area contributed by atoms with E-state index >= 15 is 0 Å². The van der Waals surface area contributed by atoms with Gasteiger partial charge in [-0.3, -0.25) is 9.69 Å². The van der Waals surface area contributed by atoms with Gasteiger partial charge in [0.2, 0.25) is 11.8 Å². The average Bonchev–Trinajstić information content (AvgIpc) is 3.34. The SMILES string of the molecule is CCOc1ccc(C2(C)NC(=O)N(Cc3nnc(-c4ccc(OC)cc4)o3)C2=O)cc1. The van der Waals surface area contributed by atoms with Gasteiger partial charge in [-0.15, -0.1) is 10.2 Å². The van der Waals surface area contributed by atoms with Crippen molar-refractivity contribution >= 4 is 11.9 Å². The Hall–Kier alpha value is -3.88. The second-order valence-electron chi connectivity index (χ2n) is 7.13. The number of hydrogen-bond acceptors (Lipinski definition) is 7. The lowest BCUT2D eigenvalue weighted by atomic mass is 9.92. The lowest BCUT2D eigenvalue weighted by Crippen LogP contribution is -2.40. The van der Waals surface area contributed by atoms with Crippen LogP contribution in [0.3, 0.4) is 0 Å². The van der Waals surface area contributed by atoms with Crippen LogP contribution in [0.4, 0.5) is 4.79 Å². The molecule has 3 amide bonds. The molecule has 1 aromatic heterocycles. The number of amides is 3. The topological polar surface area (TPSA) is 107 Å². The molecule has 2 heterocycles. The highest BCUT2D eigenvalue weighted by molar-refractivity contribution is 6.07. The molecule has 0 bridgehead atoms. The maximum Gasteiger partial charge on any atom is 0.325 e. The van der Waals surface area contributed by atoms with Gasteiger partial charge in [0.15, 0.2) is 0 Å². The Kier molecular flexibility index (Phi) is 5.33. The normalized spacial score (nSPS) is 18.2. The van der Waals surface area contributed by atoms with E-state index in [1.807, 2.05) is 6.92 Å². The fraction of sp³-hybridized carbons (Fsp3) is 0.273. The van der Waals surface area contributed by atoms with Gasteiger partial charge in [0.25, 0.3) is 5.91 Å². The first-order valence-electron chi connectivity index (χ1n) is 9.79. The van der Waals surface area contributed by atoms with Crippen molar-refractivity contribution in [3.8, 4) is 23.0 Å². The molecule has 1 fully saturated rings. The summed E-state index contributed by atoms with van der Waals surface area (Å²) < 4.78 is 16.2. The number of methoxy groups -OCH3 is 1. The van der Waals surface area contributed by atoms with Crippen LogP contribution in [0.1, 0.15) is 25.3 Å². The van der Waals surface area contributed by atoms with Crippen molar-refractivity contribution < 1.29 is 23.5 Å². The Morgan fingerprint density at radius 3 is 2.35 bits per heavy atom. The Balaban J connectivity index is 1.51. The van der Waals surface area contributed by atoms with Gasteiger partial charge in [-0.25, -0.2) is 4.79 Å². The van der Waals surface area contributed by atoms with Gasteiger partial charge in [-0.05, 0) is 55.8 Å². The van der Waals surface area contributed by atoms with Crippen LogP contribution in [-0.2, 0) is 16.9 Å². The number of urea groups is 1. The predicted molar refractivity (Wildman–Crippen MR) is 110 cm³/mol. The summed E-state index contributed by atoms with van der Waals surface area (Å²) in [5.41, 5.74) is 0.165. The quantitative estimate of drug-likeness (QED) is 0.583. The van der Waals surface area contributed by atoms with Crippen LogP contribution < -0.4 is 14.8 Å². The van der Waals surface area contributed by atoms with Crippen LogP contribution in [0.25, 0.3) is 11.5 Å². The lowest BCUT2D eigenvalue weighted by molar-refractivity contribution is -0.131. The minimum atomic E-state index is -1.19. The van der Waals surface area contributed by atoms with Crippen molar-refractivity contribution in [2.45, 2.75) is 25.9 Å². The minimum absolute atomic E-state index is 0.125. The number of carbonyl (C=O) groups excluding carboxylic acids is 2. The zero-order valence-electron chi connectivity index (χ0n) is 17.4. The molecular formula is C22H22N4O5. The second kappa shape index (κ2) is 8.10. The average molecular weight is 422 g/mol. The predicted octanol–water partition coefficient (Wildman–Crippen LogP) is 3.11. The zero-order chi connectivity index (χ0) is 22.0. The van der Waals surface area contributed by atoms with Crippen molar-refractivity contribution in [3.05, 3.63) is 60.0 Å². The smallest absolute Gasteiger partial charge is 0.325 e. The van der Waals surface area contributed by atoms with Crippen LogP contribution in [0.15, 0.2) is 52.9 Å². The first kappa shape index (κ1) is 20.4. The minimum Gasteiger partial charge on any atom is -0.497 e. The number of carbonyl (C=O) groups is 2. The molecule has 1 unspecified atom stereocenters. The van der Waals surface area contributed by atoms with E-state index in [9.17, 15) is 9.59 Å². The van der Waals surface area contributed by atoms with Gasteiger partial charge in [-0.1, -0.05) is 12.1 Å². The second-order valence-corrected chi connectivity index (χ2v) is 7.13. The van der Waals surface area contributed by atoms with Crippen LogP contribution in [0, 0.1) is 0 Å². The Bertz CT molecular complexity index is 1090. The number of nitrogens with zero attached hydrogens (tertiary/aromatic N) is 3. The molecule has 2 aromatic carbocycles. The number of hydrogen-bond donors (Lipinski definition) is 1. The maximum atomic E-state index is 13.1. The first-order chi connectivity index (χ1) is 14.9. The van der Waals surface area contributed by atoms with Crippen LogP contribution in [0.2, 0.25) is 0 Å². The molecule has 1 saturated heterocycles. The van der Waals surface area contributed by atoms with E-state index < -0.39 is 17.5 Å². The summed E-state index contributed by atoms with van der Waals surface area (Å²) in [6.07, 6.45) is 0. The number of benzene rings is 2. The van der Waals surface area contributed by atoms with Gasteiger partial charge in [0, 0.05) is 5.56 Å². The molecule has 160 valence electrons. The summed E-state index contributed by atoms with van der Waals surface area (Å²) in [6, 6.07) is 13.7. The number of aromatic nitrogens is 2. The van der Waals surface area contributed by atoms with Gasteiger partial charge >= 0.3 is 6.03 Å². The molecule has 0 saturated carbocycles. The lowest BCUT2D eigenvalue weighted by Gasteiger charge is -2.22. The zero-order valence-corrected chi connectivity index (χ0v) is 17.4. The van der Waals surface area contributed by atoms with E-state index in [1.165, 1.54) is 0 Å². The van der Waals surface area contributed by atoms with Crippen molar-refractivity contribution in [1.82, 2.24) is 20.4 Å². The molecule has 1 aliphatic rings. The maximum absolute atomic E-state index is 13.1. The standard InChI is InChI=1S/C22H22N4O5/c1-4-30-17-11-7-15(8-12-17)22(2)20(27)26(21(28)23-22)13-18-24-25-19(31-18)14-5-9-16(29-3)10-6-14/h5-12H,4,13H2,1-3H3,(H,23,28). The third-order valence-corrected chi connectivity index (χ3v) is 5.11. The highest BCUT2D eigenvalue weighted by Gasteiger charge is 2.49. The molecule has 4 rings (SSSR count). The molecule has 1 atom stereocenters. The Morgan fingerprint density at radius 2 is 1.71 bits per heavy atom. The van der Waals surface area contributed by atoms with Crippen molar-refractivity contribution in [2.24, 2.45) is 0 Å². The Labute approximate surface area is 179 Å². The highest BCUT2D eigenvalue weighted by atomic mass is 16.5. The summed E-state index contributed by atoms with van der Waals surface area (Å²) in [5, 5.41) is 10.8. The number of rotatable bonds is 7. The monoisotopic (exact) mass is 422 g/mol. The highest BCUT2D eigenvalue weighted by Crippen LogP contribution is 2.31. The molecule has 31 heavy (non-hydrogen) atoms. The number of ether oxygens (including phenoxy) is 2. The molecular weight excluding hydrogens is 400 g/mol. The van der Waals surface area contributed by atoms with Crippen molar-refractivity contribution in [3.63, 3.8) is 0 Å². The molecule has 0 radical (unpaired) electrons. The number of imide groups is 1. The molecule has 0 aliphatic carbocycles. The molecule has 9 heteroatoms. The van der Waals surface area contributed by atoms with Crippen molar-refractivity contribution in [1.29, 1.82) is 0 Å². The molecule has 0 spiro atoms. The van der Waals surface area contributed by atoms with E-state index in [1.54, 1.807) is 62.6 Å². The first-order valence-corrected chi connectivity index (χ1v) is 9.79. The van der Waals surface area contributed by atoms with E-state index in [-0.39, 0.29) is 12.4 Å². The third-order valence-electron chi connectivity index (χ3n) is 5.11. The fourth-order valence-electron chi connectivity index (χ4n) is 3.39. The molecule has 9 nitrogen and oxygen atoms in total. The van der Waals surface area contributed by atoms with E-state index in [0.717, 1.165) is 4.90 Å². The fourth-order valence-corrected chi connectivity index (χ4v) is 3.39. The van der Waals surface area contributed by atoms with Crippen LogP contribution in [0.5, 0.6) is 11.5 Å². The van der Waals surface area contributed by atoms with Crippen LogP contribution >= 0.6 is 0 Å². The van der Waals surface area contributed by atoms with Gasteiger partial charge < -0.3 is 19.2 Å². The summed E-state index contributed by atoms with van der Waals surface area (Å²) in [6.45, 7) is 3.98. The van der Waals surface area contributed by atoms with E-state index in [0.29, 0.717) is 35.1 Å². The molecule has 1 N–H and O–H groups in total. The summed E-state index contributed by atoms with van der Waals surface area (Å²) in [5.74, 6) is 1.45. The number of nitrogens with one attached hydrogen (secondary N) is 1. The summed E-state index contributed by atoms with van der Waals surface area (Å²) in [4.78, 5) is 26.7. The molecule has 3 aromatic rings. The third kappa shape index (κ3) is 3.81. The van der Waals surface area contributed by atoms with Gasteiger partial charge in [0.1, 0.15) is 23.6 Å². The van der Waals surface area contributed by atoms with E-state index in [4.69, 9.17) is 13.9 Å². The van der Waals surface area contributed by atoms with E-state index in [2.05, 4.69) is 15.5 Å². The summed E-state index contributed by atoms with van der Waals surface area (Å²) >= 11 is 0. The molecule has 1 aliphatic heterocycles. The summed E-state index contributed by atoms with van der Waals surface area (Å²) in [7, 11) is 1.58. The Morgan fingerprint density at radius 1 is 1.03 bits per heavy atom.